The molecule has 1 aromatic rings. The molecule has 1 aromatic carbocycles. The molecule has 4 heteroatoms. The maximum atomic E-state index is 5.62. The van der Waals surface area contributed by atoms with Gasteiger partial charge in [-0.2, -0.15) is 0 Å². The monoisotopic (exact) mass is 265 g/mol. The van der Waals surface area contributed by atoms with Gasteiger partial charge in [-0.25, -0.2) is 0 Å². The Balaban J connectivity index is 1.97. The molecule has 0 aromatic heterocycles. The molecule has 19 heavy (non-hydrogen) atoms. The van der Waals surface area contributed by atoms with Crippen LogP contribution in [0.3, 0.4) is 0 Å². The van der Waals surface area contributed by atoms with E-state index < -0.39 is 0 Å². The van der Waals surface area contributed by atoms with Crippen LogP contribution in [0.5, 0.6) is 11.5 Å². The normalized spacial score (nSPS) is 15.3. The van der Waals surface area contributed by atoms with Crippen molar-refractivity contribution in [3.8, 4) is 11.5 Å². The van der Waals surface area contributed by atoms with E-state index in [1.807, 2.05) is 13.1 Å². The van der Waals surface area contributed by atoms with Crippen LogP contribution in [0.2, 0.25) is 0 Å². The lowest BCUT2D eigenvalue weighted by Crippen LogP contribution is -2.20. The molecular formula is C15H23NO3. The van der Waals surface area contributed by atoms with E-state index in [0.717, 1.165) is 37.6 Å². The Labute approximate surface area is 115 Å². The number of hydrogen-bond acceptors (Lipinski definition) is 4. The number of hydrogen-bond donors (Lipinski definition) is 1. The standard InChI is InChI=1S/C15H23NO3/c1-3-7-17-8-6-13(16-2)12-4-5-14-15(11-12)19-10-9-18-14/h4-5,11,13,16H,3,6-10H2,1-2H3. The van der Waals surface area contributed by atoms with Crippen LogP contribution < -0.4 is 14.8 Å². The number of benzene rings is 1. The Morgan fingerprint density at radius 3 is 2.74 bits per heavy atom. The topological polar surface area (TPSA) is 39.7 Å². The minimum atomic E-state index is 0.285. The Morgan fingerprint density at radius 1 is 1.21 bits per heavy atom. The summed E-state index contributed by atoms with van der Waals surface area (Å²) in [6.45, 7) is 4.98. The van der Waals surface area contributed by atoms with E-state index in [1.54, 1.807) is 0 Å². The van der Waals surface area contributed by atoms with E-state index in [1.165, 1.54) is 5.56 Å². The van der Waals surface area contributed by atoms with E-state index in [-0.39, 0.29) is 6.04 Å². The minimum absolute atomic E-state index is 0.285. The van der Waals surface area contributed by atoms with Crippen LogP contribution in [0.4, 0.5) is 0 Å². The molecule has 1 aliphatic heterocycles. The molecule has 1 N–H and O–H groups in total. The third kappa shape index (κ3) is 3.85. The van der Waals surface area contributed by atoms with E-state index >= 15 is 0 Å². The molecule has 0 fully saturated rings. The van der Waals surface area contributed by atoms with Crippen LogP contribution in [0, 0.1) is 0 Å². The summed E-state index contributed by atoms with van der Waals surface area (Å²) in [4.78, 5) is 0. The van der Waals surface area contributed by atoms with E-state index in [9.17, 15) is 0 Å². The summed E-state index contributed by atoms with van der Waals surface area (Å²) in [6.07, 6.45) is 2.02. The fourth-order valence-electron chi connectivity index (χ4n) is 2.20. The van der Waals surface area contributed by atoms with Gasteiger partial charge in [-0.15, -0.1) is 0 Å². The molecule has 1 heterocycles. The van der Waals surface area contributed by atoms with Gasteiger partial charge in [-0.1, -0.05) is 13.0 Å². The third-order valence-corrected chi connectivity index (χ3v) is 3.22. The van der Waals surface area contributed by atoms with Gasteiger partial charge in [0, 0.05) is 19.3 Å². The molecule has 2 rings (SSSR count). The summed E-state index contributed by atoms with van der Waals surface area (Å²) in [5, 5.41) is 3.33. The second kappa shape index (κ2) is 7.36. The zero-order chi connectivity index (χ0) is 13.5. The quantitative estimate of drug-likeness (QED) is 0.769. The van der Waals surface area contributed by atoms with Gasteiger partial charge in [0.1, 0.15) is 13.2 Å². The van der Waals surface area contributed by atoms with Crippen molar-refractivity contribution in [3.63, 3.8) is 0 Å². The van der Waals surface area contributed by atoms with Crippen LogP contribution in [-0.2, 0) is 4.74 Å². The Morgan fingerprint density at radius 2 is 2.00 bits per heavy atom. The summed E-state index contributed by atoms with van der Waals surface area (Å²) < 4.78 is 16.7. The van der Waals surface area contributed by atoms with Crippen LogP contribution >= 0.6 is 0 Å². The predicted octanol–water partition coefficient (Wildman–Crippen LogP) is 2.54. The van der Waals surface area contributed by atoms with Gasteiger partial charge < -0.3 is 19.5 Å². The highest BCUT2D eigenvalue weighted by Crippen LogP contribution is 2.33. The lowest BCUT2D eigenvalue weighted by molar-refractivity contribution is 0.125. The first-order valence-corrected chi connectivity index (χ1v) is 6.99. The molecule has 0 aliphatic carbocycles. The second-order valence-electron chi connectivity index (χ2n) is 4.65. The molecule has 0 amide bonds. The van der Waals surface area contributed by atoms with Gasteiger partial charge in [-0.05, 0) is 37.6 Å². The first-order valence-electron chi connectivity index (χ1n) is 6.99. The van der Waals surface area contributed by atoms with E-state index in [2.05, 4.69) is 24.4 Å². The molecular weight excluding hydrogens is 242 g/mol. The van der Waals surface area contributed by atoms with Crippen LogP contribution in [-0.4, -0.2) is 33.5 Å². The van der Waals surface area contributed by atoms with Gasteiger partial charge in [0.2, 0.25) is 0 Å². The summed E-state index contributed by atoms with van der Waals surface area (Å²) in [5.74, 6) is 1.69. The first kappa shape index (κ1) is 14.2. The lowest BCUT2D eigenvalue weighted by atomic mass is 10.0. The van der Waals surface area contributed by atoms with Gasteiger partial charge in [0.25, 0.3) is 0 Å². The summed E-state index contributed by atoms with van der Waals surface area (Å²) >= 11 is 0. The molecule has 1 unspecified atom stereocenters. The highest BCUT2D eigenvalue weighted by atomic mass is 16.6. The Bertz CT molecular complexity index is 395. The third-order valence-electron chi connectivity index (χ3n) is 3.22. The highest BCUT2D eigenvalue weighted by molar-refractivity contribution is 5.44. The van der Waals surface area contributed by atoms with Crippen molar-refractivity contribution >= 4 is 0 Å². The average molecular weight is 265 g/mol. The van der Waals surface area contributed by atoms with Gasteiger partial charge in [0.05, 0.1) is 0 Å². The number of ether oxygens (including phenoxy) is 3. The molecule has 0 spiro atoms. The smallest absolute Gasteiger partial charge is 0.161 e. The van der Waals surface area contributed by atoms with Gasteiger partial charge >= 0.3 is 0 Å². The van der Waals surface area contributed by atoms with Crippen molar-refractivity contribution in [2.45, 2.75) is 25.8 Å². The largest absolute Gasteiger partial charge is 0.486 e. The zero-order valence-electron chi connectivity index (χ0n) is 11.8. The molecule has 0 radical (unpaired) electrons. The van der Waals surface area contributed by atoms with Gasteiger partial charge in [-0.3, -0.25) is 0 Å². The summed E-state index contributed by atoms with van der Waals surface area (Å²) in [6, 6.07) is 6.43. The summed E-state index contributed by atoms with van der Waals surface area (Å²) in [5.41, 5.74) is 1.21. The Hall–Kier alpha value is -1.26. The minimum Gasteiger partial charge on any atom is -0.486 e. The number of fused-ring (bicyclic) bond motifs is 1. The molecule has 0 bridgehead atoms. The molecule has 0 saturated heterocycles. The lowest BCUT2D eigenvalue weighted by Gasteiger charge is -2.22. The number of rotatable bonds is 7. The maximum absolute atomic E-state index is 5.62. The van der Waals surface area contributed by atoms with Crippen LogP contribution in [0.25, 0.3) is 0 Å². The van der Waals surface area contributed by atoms with Crippen molar-refractivity contribution in [2.24, 2.45) is 0 Å². The molecule has 0 saturated carbocycles. The molecule has 106 valence electrons. The number of nitrogens with one attached hydrogen (secondary N) is 1. The fourth-order valence-corrected chi connectivity index (χ4v) is 2.20. The van der Waals surface area contributed by atoms with Crippen molar-refractivity contribution < 1.29 is 14.2 Å². The van der Waals surface area contributed by atoms with Crippen molar-refractivity contribution in [1.82, 2.24) is 5.32 Å². The second-order valence-corrected chi connectivity index (χ2v) is 4.65. The van der Waals surface area contributed by atoms with E-state index in [0.29, 0.717) is 13.2 Å². The SMILES string of the molecule is CCCOCCC(NC)c1ccc2c(c1)OCCO2. The Kier molecular flexibility index (Phi) is 5.48. The molecule has 1 aliphatic rings. The predicted molar refractivity (Wildman–Crippen MR) is 75.0 cm³/mol. The first-order chi connectivity index (χ1) is 9.35. The zero-order valence-corrected chi connectivity index (χ0v) is 11.8. The van der Waals surface area contributed by atoms with Gasteiger partial charge in [0.15, 0.2) is 11.5 Å². The summed E-state index contributed by atoms with van der Waals surface area (Å²) in [7, 11) is 1.97. The maximum Gasteiger partial charge on any atom is 0.161 e. The van der Waals surface area contributed by atoms with Crippen LogP contribution in [0.15, 0.2) is 18.2 Å². The fraction of sp³-hybridized carbons (Fsp3) is 0.600. The molecule has 1 atom stereocenters. The van der Waals surface area contributed by atoms with Crippen LogP contribution in [0.1, 0.15) is 31.4 Å². The highest BCUT2D eigenvalue weighted by Gasteiger charge is 2.15. The van der Waals surface area contributed by atoms with Crippen molar-refractivity contribution in [2.75, 3.05) is 33.5 Å². The molecule has 4 nitrogen and oxygen atoms in total. The van der Waals surface area contributed by atoms with Crippen molar-refractivity contribution in [1.29, 1.82) is 0 Å². The average Bonchev–Trinajstić information content (AvgIpc) is 2.47. The van der Waals surface area contributed by atoms with Crippen molar-refractivity contribution in [3.05, 3.63) is 23.8 Å². The van der Waals surface area contributed by atoms with E-state index in [4.69, 9.17) is 14.2 Å².